The minimum atomic E-state index is -3.64. The van der Waals surface area contributed by atoms with Crippen molar-refractivity contribution < 1.29 is 8.42 Å². The van der Waals surface area contributed by atoms with E-state index in [1.54, 1.807) is 30.5 Å². The number of nitrogens with one attached hydrogen (secondary N) is 2. The molecular formula is C13H13N5O2S. The Hall–Kier alpha value is -2.45. The number of nitrogen functional groups attached to an aromatic ring is 1. The van der Waals surface area contributed by atoms with Gasteiger partial charge in [-0.3, -0.25) is 0 Å². The van der Waals surface area contributed by atoms with E-state index in [-0.39, 0.29) is 11.4 Å². The number of fused-ring (bicyclic) bond motifs is 1. The summed E-state index contributed by atoms with van der Waals surface area (Å²) in [6.07, 6.45) is 4.38. The van der Waals surface area contributed by atoms with E-state index in [1.165, 1.54) is 12.5 Å². The molecule has 0 spiro atoms. The predicted octanol–water partition coefficient (Wildman–Crippen LogP) is 1.02. The quantitative estimate of drug-likeness (QED) is 0.623. The number of nitrogens with two attached hydrogens (primary N) is 1. The lowest BCUT2D eigenvalue weighted by atomic mass is 10.2. The first-order valence-electron chi connectivity index (χ1n) is 6.17. The maximum atomic E-state index is 12.4. The van der Waals surface area contributed by atoms with Gasteiger partial charge < -0.3 is 10.7 Å². The molecule has 0 unspecified atom stereocenters. The van der Waals surface area contributed by atoms with Crippen LogP contribution < -0.4 is 10.5 Å². The van der Waals surface area contributed by atoms with Gasteiger partial charge >= 0.3 is 0 Å². The molecule has 21 heavy (non-hydrogen) atoms. The maximum absolute atomic E-state index is 12.4. The van der Waals surface area contributed by atoms with Crippen LogP contribution in [-0.2, 0) is 16.6 Å². The Bertz CT molecular complexity index is 874. The van der Waals surface area contributed by atoms with Crippen LogP contribution in [0.3, 0.4) is 0 Å². The number of hydrogen-bond acceptors (Lipinski definition) is 5. The van der Waals surface area contributed by atoms with Crippen LogP contribution in [0.4, 0.5) is 5.69 Å². The zero-order valence-corrected chi connectivity index (χ0v) is 11.8. The molecule has 0 fully saturated rings. The Morgan fingerprint density at radius 1 is 1.29 bits per heavy atom. The highest BCUT2D eigenvalue weighted by Gasteiger charge is 2.18. The lowest BCUT2D eigenvalue weighted by Gasteiger charge is -2.05. The first kappa shape index (κ1) is 13.5. The molecule has 0 saturated heterocycles. The number of aromatic amines is 1. The zero-order valence-electron chi connectivity index (χ0n) is 10.9. The summed E-state index contributed by atoms with van der Waals surface area (Å²) in [5, 5.41) is 0.597. The van der Waals surface area contributed by atoms with Gasteiger partial charge in [0, 0.05) is 29.0 Å². The average molecular weight is 303 g/mol. The van der Waals surface area contributed by atoms with Crippen molar-refractivity contribution in [1.82, 2.24) is 19.7 Å². The lowest BCUT2D eigenvalue weighted by molar-refractivity contribution is 0.581. The molecule has 3 rings (SSSR count). The molecule has 0 saturated carbocycles. The van der Waals surface area contributed by atoms with Crippen molar-refractivity contribution in [2.24, 2.45) is 0 Å². The van der Waals surface area contributed by atoms with Gasteiger partial charge in [-0.25, -0.2) is 23.1 Å². The van der Waals surface area contributed by atoms with Crippen LogP contribution in [0.5, 0.6) is 0 Å². The SMILES string of the molecule is Nc1ccc2c(S(=O)(=O)NCc3ccncn3)c[nH]c2c1. The van der Waals surface area contributed by atoms with Crippen LogP contribution in [-0.4, -0.2) is 23.4 Å². The van der Waals surface area contributed by atoms with Gasteiger partial charge in [0.1, 0.15) is 11.2 Å². The molecule has 108 valence electrons. The molecular weight excluding hydrogens is 290 g/mol. The summed E-state index contributed by atoms with van der Waals surface area (Å²) < 4.78 is 27.2. The van der Waals surface area contributed by atoms with Crippen molar-refractivity contribution in [1.29, 1.82) is 0 Å². The van der Waals surface area contributed by atoms with E-state index in [9.17, 15) is 8.42 Å². The monoisotopic (exact) mass is 303 g/mol. The van der Waals surface area contributed by atoms with Crippen LogP contribution in [0.25, 0.3) is 10.9 Å². The third-order valence-electron chi connectivity index (χ3n) is 3.04. The maximum Gasteiger partial charge on any atom is 0.243 e. The van der Waals surface area contributed by atoms with E-state index in [0.29, 0.717) is 22.3 Å². The summed E-state index contributed by atoms with van der Waals surface area (Å²) in [5.74, 6) is 0. The van der Waals surface area contributed by atoms with Crippen molar-refractivity contribution in [3.05, 3.63) is 48.7 Å². The van der Waals surface area contributed by atoms with E-state index in [1.807, 2.05) is 0 Å². The second-order valence-electron chi connectivity index (χ2n) is 4.48. The summed E-state index contributed by atoms with van der Waals surface area (Å²) in [5.41, 5.74) is 7.52. The fourth-order valence-corrected chi connectivity index (χ4v) is 3.18. The first-order valence-corrected chi connectivity index (χ1v) is 7.66. The summed E-state index contributed by atoms with van der Waals surface area (Å²) in [6.45, 7) is 0.104. The lowest BCUT2D eigenvalue weighted by Crippen LogP contribution is -2.23. The Labute approximate surface area is 121 Å². The molecule has 0 aliphatic heterocycles. The molecule has 4 N–H and O–H groups in total. The van der Waals surface area contributed by atoms with Crippen LogP contribution >= 0.6 is 0 Å². The molecule has 0 amide bonds. The third-order valence-corrected chi connectivity index (χ3v) is 4.49. The number of sulfonamides is 1. The fraction of sp³-hybridized carbons (Fsp3) is 0.0769. The minimum absolute atomic E-state index is 0.104. The molecule has 0 bridgehead atoms. The molecule has 2 heterocycles. The number of anilines is 1. The molecule has 0 aliphatic carbocycles. The van der Waals surface area contributed by atoms with Crippen LogP contribution in [0.15, 0.2) is 47.9 Å². The Kier molecular flexibility index (Phi) is 3.32. The second kappa shape index (κ2) is 5.15. The molecule has 0 aliphatic rings. The van der Waals surface area contributed by atoms with Gasteiger partial charge in [0.25, 0.3) is 0 Å². The molecule has 0 radical (unpaired) electrons. The molecule has 0 atom stereocenters. The van der Waals surface area contributed by atoms with Gasteiger partial charge in [-0.15, -0.1) is 0 Å². The highest BCUT2D eigenvalue weighted by Crippen LogP contribution is 2.24. The Balaban J connectivity index is 1.90. The summed E-state index contributed by atoms with van der Waals surface area (Å²) in [7, 11) is -3.64. The van der Waals surface area contributed by atoms with Gasteiger partial charge in [0.05, 0.1) is 12.2 Å². The van der Waals surface area contributed by atoms with Crippen molar-refractivity contribution >= 4 is 26.6 Å². The van der Waals surface area contributed by atoms with Crippen LogP contribution in [0, 0.1) is 0 Å². The topological polar surface area (TPSA) is 114 Å². The van der Waals surface area contributed by atoms with E-state index in [0.717, 1.165) is 0 Å². The van der Waals surface area contributed by atoms with Crippen LogP contribution in [0.2, 0.25) is 0 Å². The van der Waals surface area contributed by atoms with Gasteiger partial charge in [-0.2, -0.15) is 0 Å². The largest absolute Gasteiger partial charge is 0.399 e. The normalized spacial score (nSPS) is 11.8. The second-order valence-corrected chi connectivity index (χ2v) is 6.22. The number of H-pyrrole nitrogens is 1. The van der Waals surface area contributed by atoms with E-state index >= 15 is 0 Å². The predicted molar refractivity (Wildman–Crippen MR) is 78.8 cm³/mol. The van der Waals surface area contributed by atoms with Gasteiger partial charge in [0.2, 0.25) is 10.0 Å². The van der Waals surface area contributed by atoms with Gasteiger partial charge in [-0.05, 0) is 24.3 Å². The van der Waals surface area contributed by atoms with Crippen molar-refractivity contribution in [2.75, 3.05) is 5.73 Å². The molecule has 3 aromatic rings. The fourth-order valence-electron chi connectivity index (χ4n) is 2.01. The van der Waals surface area contributed by atoms with Crippen molar-refractivity contribution in [3.63, 3.8) is 0 Å². The molecule has 1 aromatic carbocycles. The van der Waals surface area contributed by atoms with E-state index < -0.39 is 10.0 Å². The minimum Gasteiger partial charge on any atom is -0.399 e. The van der Waals surface area contributed by atoms with Crippen LogP contribution in [0.1, 0.15) is 5.69 Å². The van der Waals surface area contributed by atoms with Crippen molar-refractivity contribution in [2.45, 2.75) is 11.4 Å². The summed E-state index contributed by atoms with van der Waals surface area (Å²) in [4.78, 5) is 10.9. The summed E-state index contributed by atoms with van der Waals surface area (Å²) in [6, 6.07) is 6.69. The number of benzene rings is 1. The molecule has 8 heteroatoms. The summed E-state index contributed by atoms with van der Waals surface area (Å²) >= 11 is 0. The number of hydrogen-bond donors (Lipinski definition) is 3. The Morgan fingerprint density at radius 2 is 2.14 bits per heavy atom. The smallest absolute Gasteiger partial charge is 0.243 e. The highest BCUT2D eigenvalue weighted by molar-refractivity contribution is 7.89. The standard InChI is InChI=1S/C13H13N5O2S/c14-9-1-2-11-12(5-9)16-7-13(11)21(19,20)18-6-10-3-4-15-8-17-10/h1-5,7-8,16,18H,6,14H2. The van der Waals surface area contributed by atoms with Gasteiger partial charge in [0.15, 0.2) is 0 Å². The van der Waals surface area contributed by atoms with E-state index in [2.05, 4.69) is 19.7 Å². The number of rotatable bonds is 4. The van der Waals surface area contributed by atoms with Gasteiger partial charge in [-0.1, -0.05) is 0 Å². The number of nitrogens with zero attached hydrogens (tertiary/aromatic N) is 2. The third kappa shape index (κ3) is 2.71. The highest BCUT2D eigenvalue weighted by atomic mass is 32.2. The Morgan fingerprint density at radius 3 is 2.90 bits per heavy atom. The molecule has 7 nitrogen and oxygen atoms in total. The molecule has 2 aromatic heterocycles. The number of aromatic nitrogens is 3. The zero-order chi connectivity index (χ0) is 14.9. The first-order chi connectivity index (χ1) is 10.1. The average Bonchev–Trinajstić information content (AvgIpc) is 2.90. The van der Waals surface area contributed by atoms with E-state index in [4.69, 9.17) is 5.73 Å². The van der Waals surface area contributed by atoms with Crippen molar-refractivity contribution in [3.8, 4) is 0 Å².